The number of hydrogen-bond acceptors (Lipinski definition) is 6. The fourth-order valence-corrected chi connectivity index (χ4v) is 1.98. The molecule has 7 heteroatoms. The third-order valence-electron chi connectivity index (χ3n) is 2.51. The van der Waals surface area contributed by atoms with Crippen LogP contribution in [0.5, 0.6) is 11.5 Å². The molecular formula is C13H21NO5S. The van der Waals surface area contributed by atoms with Crippen molar-refractivity contribution >= 4 is 9.84 Å². The Morgan fingerprint density at radius 2 is 2.05 bits per heavy atom. The minimum Gasteiger partial charge on any atom is -0.497 e. The van der Waals surface area contributed by atoms with Gasteiger partial charge >= 0.3 is 0 Å². The molecule has 0 saturated heterocycles. The topological polar surface area (TPSA) is 84.9 Å². The van der Waals surface area contributed by atoms with Crippen molar-refractivity contribution in [3.63, 3.8) is 0 Å². The molecule has 0 bridgehead atoms. The average molecular weight is 303 g/mol. The molecule has 1 atom stereocenters. The summed E-state index contributed by atoms with van der Waals surface area (Å²) in [4.78, 5) is 0. The summed E-state index contributed by atoms with van der Waals surface area (Å²) in [6.45, 7) is 0.716. The minimum absolute atomic E-state index is 0.0520. The molecule has 0 aromatic heterocycles. The van der Waals surface area contributed by atoms with Gasteiger partial charge in [-0.1, -0.05) is 6.07 Å². The lowest BCUT2D eigenvalue weighted by Crippen LogP contribution is -2.34. The van der Waals surface area contributed by atoms with E-state index in [1.54, 1.807) is 31.4 Å². The molecular weight excluding hydrogens is 282 g/mol. The Balaban J connectivity index is 2.24. The van der Waals surface area contributed by atoms with Crippen molar-refractivity contribution in [2.75, 3.05) is 38.8 Å². The van der Waals surface area contributed by atoms with E-state index in [0.717, 1.165) is 0 Å². The fourth-order valence-electron chi connectivity index (χ4n) is 1.47. The van der Waals surface area contributed by atoms with Gasteiger partial charge in [-0.25, -0.2) is 8.42 Å². The van der Waals surface area contributed by atoms with E-state index in [1.807, 2.05) is 0 Å². The van der Waals surface area contributed by atoms with Crippen molar-refractivity contribution in [2.45, 2.75) is 6.10 Å². The van der Waals surface area contributed by atoms with Crippen LogP contribution in [0.15, 0.2) is 24.3 Å². The highest BCUT2D eigenvalue weighted by Crippen LogP contribution is 2.18. The molecule has 0 aliphatic rings. The highest BCUT2D eigenvalue weighted by molar-refractivity contribution is 7.90. The van der Waals surface area contributed by atoms with Gasteiger partial charge in [0.1, 0.15) is 34.0 Å². The van der Waals surface area contributed by atoms with E-state index < -0.39 is 15.9 Å². The number of hydrogen-bond donors (Lipinski definition) is 2. The van der Waals surface area contributed by atoms with Gasteiger partial charge in [-0.2, -0.15) is 0 Å². The van der Waals surface area contributed by atoms with Crippen LogP contribution in [-0.2, 0) is 9.84 Å². The molecule has 20 heavy (non-hydrogen) atoms. The number of aliphatic hydroxyl groups excluding tert-OH is 1. The van der Waals surface area contributed by atoms with Crippen LogP contribution in [0.3, 0.4) is 0 Å². The number of sulfone groups is 1. The molecule has 0 aliphatic heterocycles. The Bertz CT molecular complexity index is 503. The van der Waals surface area contributed by atoms with Crippen LogP contribution in [0.1, 0.15) is 0 Å². The van der Waals surface area contributed by atoms with Gasteiger partial charge < -0.3 is 19.9 Å². The lowest BCUT2D eigenvalue weighted by molar-refractivity contribution is 0.107. The number of rotatable bonds is 9. The Labute approximate surface area is 119 Å². The molecule has 0 fully saturated rings. The quantitative estimate of drug-likeness (QED) is 0.628. The minimum atomic E-state index is -2.97. The van der Waals surface area contributed by atoms with Crippen LogP contribution in [0, 0.1) is 0 Å². The molecule has 0 heterocycles. The van der Waals surface area contributed by atoms with Gasteiger partial charge in [0.15, 0.2) is 0 Å². The van der Waals surface area contributed by atoms with Crippen molar-refractivity contribution in [1.82, 2.24) is 5.32 Å². The van der Waals surface area contributed by atoms with E-state index in [-0.39, 0.29) is 18.9 Å². The Morgan fingerprint density at radius 1 is 1.35 bits per heavy atom. The number of nitrogens with one attached hydrogen (secondary N) is 1. The standard InChI is InChI=1S/C13H21NO5S/c1-18-12-4-3-5-13(8-12)19-10-11(15)9-14-6-7-20(2,16)17/h3-5,8,11,14-15H,6-7,9-10H2,1-2H3. The number of aliphatic hydroxyl groups is 1. The molecule has 0 spiro atoms. The fraction of sp³-hybridized carbons (Fsp3) is 0.538. The van der Waals surface area contributed by atoms with E-state index in [1.165, 1.54) is 6.26 Å². The second-order valence-electron chi connectivity index (χ2n) is 4.48. The normalized spacial score (nSPS) is 12.9. The first kappa shape index (κ1) is 16.7. The van der Waals surface area contributed by atoms with Gasteiger partial charge in [0.2, 0.25) is 0 Å². The number of benzene rings is 1. The van der Waals surface area contributed by atoms with Crippen LogP contribution in [0.25, 0.3) is 0 Å². The Kier molecular flexibility index (Phi) is 6.77. The Hall–Kier alpha value is -1.31. The zero-order valence-electron chi connectivity index (χ0n) is 11.7. The van der Waals surface area contributed by atoms with Crippen LogP contribution in [0.4, 0.5) is 0 Å². The first-order valence-corrected chi connectivity index (χ1v) is 8.30. The first-order chi connectivity index (χ1) is 9.40. The van der Waals surface area contributed by atoms with Crippen molar-refractivity contribution in [2.24, 2.45) is 0 Å². The summed E-state index contributed by atoms with van der Waals surface area (Å²) in [7, 11) is -1.41. The molecule has 1 aromatic rings. The summed E-state index contributed by atoms with van der Waals surface area (Å²) in [5, 5.41) is 12.6. The molecule has 114 valence electrons. The van der Waals surface area contributed by atoms with Crippen LogP contribution >= 0.6 is 0 Å². The third kappa shape index (κ3) is 7.32. The second-order valence-corrected chi connectivity index (χ2v) is 6.74. The van der Waals surface area contributed by atoms with E-state index in [0.29, 0.717) is 18.0 Å². The largest absolute Gasteiger partial charge is 0.497 e. The van der Waals surface area contributed by atoms with Crippen molar-refractivity contribution < 1.29 is 23.0 Å². The van der Waals surface area contributed by atoms with Crippen LogP contribution < -0.4 is 14.8 Å². The van der Waals surface area contributed by atoms with E-state index in [2.05, 4.69) is 5.32 Å². The molecule has 0 aliphatic carbocycles. The molecule has 2 N–H and O–H groups in total. The average Bonchev–Trinajstić information content (AvgIpc) is 2.40. The Morgan fingerprint density at radius 3 is 2.70 bits per heavy atom. The van der Waals surface area contributed by atoms with Crippen molar-refractivity contribution in [3.05, 3.63) is 24.3 Å². The third-order valence-corrected chi connectivity index (χ3v) is 3.46. The van der Waals surface area contributed by atoms with Gasteiger partial charge in [0.25, 0.3) is 0 Å². The summed E-state index contributed by atoms with van der Waals surface area (Å²) >= 11 is 0. The highest BCUT2D eigenvalue weighted by Gasteiger charge is 2.07. The molecule has 6 nitrogen and oxygen atoms in total. The SMILES string of the molecule is COc1cccc(OCC(O)CNCCS(C)(=O)=O)c1. The van der Waals surface area contributed by atoms with Crippen LogP contribution in [0.2, 0.25) is 0 Å². The van der Waals surface area contributed by atoms with Gasteiger partial charge in [-0.3, -0.25) is 0 Å². The van der Waals surface area contributed by atoms with Gasteiger partial charge in [0.05, 0.1) is 12.9 Å². The summed E-state index contributed by atoms with van der Waals surface area (Å²) in [5.41, 5.74) is 0. The summed E-state index contributed by atoms with van der Waals surface area (Å²) < 4.78 is 32.3. The van der Waals surface area contributed by atoms with Gasteiger partial charge in [0, 0.05) is 25.4 Å². The lowest BCUT2D eigenvalue weighted by Gasteiger charge is -2.13. The van der Waals surface area contributed by atoms with E-state index >= 15 is 0 Å². The maximum absolute atomic E-state index is 10.9. The maximum Gasteiger partial charge on any atom is 0.148 e. The smallest absolute Gasteiger partial charge is 0.148 e. The molecule has 1 aromatic carbocycles. The zero-order valence-corrected chi connectivity index (χ0v) is 12.5. The summed E-state index contributed by atoms with van der Waals surface area (Å²) in [6, 6.07) is 7.09. The van der Waals surface area contributed by atoms with E-state index in [9.17, 15) is 13.5 Å². The second kappa shape index (κ2) is 8.08. The predicted molar refractivity (Wildman–Crippen MR) is 77.1 cm³/mol. The number of ether oxygens (including phenoxy) is 2. The highest BCUT2D eigenvalue weighted by atomic mass is 32.2. The van der Waals surface area contributed by atoms with Gasteiger partial charge in [-0.15, -0.1) is 0 Å². The molecule has 0 radical (unpaired) electrons. The monoisotopic (exact) mass is 303 g/mol. The van der Waals surface area contributed by atoms with Gasteiger partial charge in [-0.05, 0) is 12.1 Å². The molecule has 1 rings (SSSR count). The van der Waals surface area contributed by atoms with Crippen molar-refractivity contribution in [3.8, 4) is 11.5 Å². The summed E-state index contributed by atoms with van der Waals surface area (Å²) in [6.07, 6.45) is 0.470. The zero-order chi connectivity index (χ0) is 15.0. The first-order valence-electron chi connectivity index (χ1n) is 6.24. The molecule has 0 saturated carbocycles. The predicted octanol–water partition coefficient (Wildman–Crippen LogP) is 0.0691. The molecule has 0 amide bonds. The molecule has 1 unspecified atom stereocenters. The summed E-state index contributed by atoms with van der Waals surface area (Å²) in [5.74, 6) is 1.35. The van der Waals surface area contributed by atoms with Crippen molar-refractivity contribution in [1.29, 1.82) is 0 Å². The van der Waals surface area contributed by atoms with Crippen LogP contribution in [-0.4, -0.2) is 58.4 Å². The lowest BCUT2D eigenvalue weighted by atomic mass is 10.3. The maximum atomic E-state index is 10.9. The van der Waals surface area contributed by atoms with E-state index in [4.69, 9.17) is 9.47 Å². The number of methoxy groups -OCH3 is 1.